The Hall–Kier alpha value is -1.76. The number of carbonyl (C=O) groups excluding carboxylic acids is 1. The van der Waals surface area contributed by atoms with Gasteiger partial charge in [0.1, 0.15) is 6.04 Å². The lowest BCUT2D eigenvalue weighted by Gasteiger charge is -2.12. The van der Waals surface area contributed by atoms with Crippen molar-refractivity contribution in [3.8, 4) is 0 Å². The van der Waals surface area contributed by atoms with Crippen molar-refractivity contribution in [2.45, 2.75) is 18.6 Å². The number of amides is 1. The fourth-order valence-electron chi connectivity index (χ4n) is 1.72. The minimum atomic E-state index is -4.46. The maximum Gasteiger partial charge on any atom is 0.414 e. The van der Waals surface area contributed by atoms with E-state index in [1.54, 1.807) is 11.5 Å². The van der Waals surface area contributed by atoms with Gasteiger partial charge >= 0.3 is 6.18 Å². The molecule has 0 spiro atoms. The molecule has 0 bridgehead atoms. The van der Waals surface area contributed by atoms with Gasteiger partial charge in [0.15, 0.2) is 6.61 Å². The number of fused-ring (bicyclic) bond motifs is 1. The number of halogens is 3. The number of para-hydroxylation sites is 1. The molecule has 0 unspecified atom stereocenters. The third-order valence-electron chi connectivity index (χ3n) is 2.50. The number of hydrogen-bond acceptors (Lipinski definition) is 3. The molecule has 4 nitrogen and oxygen atoms in total. The van der Waals surface area contributed by atoms with E-state index in [0.717, 1.165) is 11.3 Å². The van der Waals surface area contributed by atoms with Gasteiger partial charge in [-0.05, 0) is 11.6 Å². The molecule has 1 aliphatic rings. The van der Waals surface area contributed by atoms with E-state index >= 15 is 0 Å². The summed E-state index contributed by atoms with van der Waals surface area (Å²) in [6.07, 6.45) is -4.03. The number of hydrogen-bond donors (Lipinski definition) is 2. The molecular weight excluding hydrogens is 249 g/mol. The van der Waals surface area contributed by atoms with Crippen molar-refractivity contribution in [2.75, 3.05) is 11.9 Å². The zero-order chi connectivity index (χ0) is 13.2. The molecule has 1 atom stereocenters. The molecule has 98 valence electrons. The Bertz CT molecular complexity index is 423. The normalized spacial score (nSPS) is 18.1. The van der Waals surface area contributed by atoms with Crippen LogP contribution in [-0.2, 0) is 16.1 Å². The van der Waals surface area contributed by atoms with E-state index in [9.17, 15) is 18.0 Å². The molecule has 7 heteroatoms. The molecular formula is C11H11F3N2O2. The number of alkyl halides is 3. The zero-order valence-electron chi connectivity index (χ0n) is 9.25. The van der Waals surface area contributed by atoms with Crippen LogP contribution in [0.15, 0.2) is 24.3 Å². The number of nitrogens with one attached hydrogen (secondary N) is 2. The van der Waals surface area contributed by atoms with E-state index in [0.29, 0.717) is 6.42 Å². The molecule has 0 fully saturated rings. The second-order valence-electron chi connectivity index (χ2n) is 3.93. The zero-order valence-corrected chi connectivity index (χ0v) is 9.25. The molecule has 1 aromatic rings. The van der Waals surface area contributed by atoms with Gasteiger partial charge in [0.2, 0.25) is 0 Å². The summed E-state index contributed by atoms with van der Waals surface area (Å²) in [6.45, 7) is -1.50. The standard InChI is InChI=1S/C11H11F3N2O2/c12-11(13,14)6-18-16-10(17)9-5-7-3-1-2-4-8(7)15-9/h1-4,9,15H,5-6H2,(H,16,17)/t9-/m0/s1. The van der Waals surface area contributed by atoms with Crippen molar-refractivity contribution in [3.05, 3.63) is 29.8 Å². The van der Waals surface area contributed by atoms with E-state index < -0.39 is 24.7 Å². The van der Waals surface area contributed by atoms with Gasteiger partial charge in [0.25, 0.3) is 5.91 Å². The molecule has 1 aliphatic heterocycles. The first-order valence-corrected chi connectivity index (χ1v) is 5.28. The van der Waals surface area contributed by atoms with Gasteiger partial charge in [-0.2, -0.15) is 13.2 Å². The summed E-state index contributed by atoms with van der Waals surface area (Å²) < 4.78 is 35.4. The van der Waals surface area contributed by atoms with Gasteiger partial charge in [-0.15, -0.1) is 0 Å². The van der Waals surface area contributed by atoms with Crippen LogP contribution in [0.25, 0.3) is 0 Å². The predicted octanol–water partition coefficient (Wildman–Crippen LogP) is 1.63. The van der Waals surface area contributed by atoms with E-state index in [1.807, 2.05) is 18.2 Å². The van der Waals surface area contributed by atoms with Crippen molar-refractivity contribution in [1.29, 1.82) is 0 Å². The maximum absolute atomic E-state index is 11.8. The molecule has 0 radical (unpaired) electrons. The van der Waals surface area contributed by atoms with Gasteiger partial charge < -0.3 is 5.32 Å². The Balaban J connectivity index is 1.83. The van der Waals surface area contributed by atoms with Gasteiger partial charge in [-0.1, -0.05) is 18.2 Å². The van der Waals surface area contributed by atoms with Crippen LogP contribution in [0.5, 0.6) is 0 Å². The lowest BCUT2D eigenvalue weighted by atomic mass is 10.1. The van der Waals surface area contributed by atoms with E-state index in [4.69, 9.17) is 0 Å². The number of benzene rings is 1. The van der Waals surface area contributed by atoms with Crippen LogP contribution in [0.4, 0.5) is 18.9 Å². The number of anilines is 1. The highest BCUT2D eigenvalue weighted by Gasteiger charge is 2.30. The third kappa shape index (κ3) is 3.13. The Kier molecular flexibility index (Phi) is 3.42. The maximum atomic E-state index is 11.8. The summed E-state index contributed by atoms with van der Waals surface area (Å²) in [5, 5.41) is 2.91. The monoisotopic (exact) mass is 260 g/mol. The average Bonchev–Trinajstić information content (AvgIpc) is 2.70. The molecule has 18 heavy (non-hydrogen) atoms. The molecule has 0 aromatic heterocycles. The van der Waals surface area contributed by atoms with Crippen LogP contribution in [0.3, 0.4) is 0 Å². The first-order chi connectivity index (χ1) is 8.46. The van der Waals surface area contributed by atoms with Crippen molar-refractivity contribution < 1.29 is 22.8 Å². The Labute approximate surface area is 101 Å². The minimum absolute atomic E-state index is 0.428. The molecule has 1 heterocycles. The van der Waals surface area contributed by atoms with Gasteiger partial charge in [-0.25, -0.2) is 5.48 Å². The van der Waals surface area contributed by atoms with E-state index in [1.165, 1.54) is 0 Å². The average molecular weight is 260 g/mol. The summed E-state index contributed by atoms with van der Waals surface area (Å²) in [5.74, 6) is -0.615. The smallest absolute Gasteiger partial charge is 0.373 e. The summed E-state index contributed by atoms with van der Waals surface area (Å²) in [5.41, 5.74) is 3.56. The van der Waals surface area contributed by atoms with Crippen LogP contribution in [0, 0.1) is 0 Å². The topological polar surface area (TPSA) is 50.4 Å². The summed E-state index contributed by atoms with van der Waals surface area (Å²) >= 11 is 0. The highest BCUT2D eigenvalue weighted by atomic mass is 19.4. The van der Waals surface area contributed by atoms with Gasteiger partial charge in [0.05, 0.1) is 0 Å². The quantitative estimate of drug-likeness (QED) is 0.812. The third-order valence-corrected chi connectivity index (χ3v) is 2.50. The molecule has 0 aliphatic carbocycles. The second kappa shape index (κ2) is 4.85. The van der Waals surface area contributed by atoms with Crippen molar-refractivity contribution in [3.63, 3.8) is 0 Å². The molecule has 2 N–H and O–H groups in total. The number of carbonyl (C=O) groups is 1. The van der Waals surface area contributed by atoms with Crippen LogP contribution in [0.1, 0.15) is 5.56 Å². The van der Waals surface area contributed by atoms with Crippen molar-refractivity contribution >= 4 is 11.6 Å². The molecule has 1 aromatic carbocycles. The number of hydroxylamine groups is 1. The second-order valence-corrected chi connectivity index (χ2v) is 3.93. The van der Waals surface area contributed by atoms with Gasteiger partial charge in [-0.3, -0.25) is 9.63 Å². The lowest BCUT2D eigenvalue weighted by molar-refractivity contribution is -0.191. The molecule has 2 rings (SSSR count). The molecule has 0 saturated carbocycles. The van der Waals surface area contributed by atoms with E-state index in [2.05, 4.69) is 10.2 Å². The lowest BCUT2D eigenvalue weighted by Crippen LogP contribution is -2.40. The highest BCUT2D eigenvalue weighted by Crippen LogP contribution is 2.25. The van der Waals surface area contributed by atoms with Gasteiger partial charge in [0, 0.05) is 12.1 Å². The molecule has 1 amide bonds. The predicted molar refractivity (Wildman–Crippen MR) is 57.7 cm³/mol. The minimum Gasteiger partial charge on any atom is -0.373 e. The van der Waals surface area contributed by atoms with Crippen molar-refractivity contribution in [1.82, 2.24) is 5.48 Å². The fourth-order valence-corrected chi connectivity index (χ4v) is 1.72. The van der Waals surface area contributed by atoms with Crippen molar-refractivity contribution in [2.24, 2.45) is 0 Å². The summed E-state index contributed by atoms with van der Waals surface area (Å²) in [6, 6.07) is 6.70. The Morgan fingerprint density at radius 3 is 2.83 bits per heavy atom. The largest absolute Gasteiger partial charge is 0.414 e. The fraction of sp³-hybridized carbons (Fsp3) is 0.364. The summed E-state index contributed by atoms with van der Waals surface area (Å²) in [4.78, 5) is 15.6. The Morgan fingerprint density at radius 1 is 1.44 bits per heavy atom. The molecule has 0 saturated heterocycles. The van der Waals surface area contributed by atoms with E-state index in [-0.39, 0.29) is 0 Å². The van der Waals surface area contributed by atoms with Crippen LogP contribution >= 0.6 is 0 Å². The first kappa shape index (κ1) is 12.7. The highest BCUT2D eigenvalue weighted by molar-refractivity contribution is 5.86. The summed E-state index contributed by atoms with van der Waals surface area (Å²) in [7, 11) is 0. The van der Waals surface area contributed by atoms with Crippen LogP contribution in [-0.4, -0.2) is 24.7 Å². The number of rotatable bonds is 3. The van der Waals surface area contributed by atoms with Crippen LogP contribution < -0.4 is 10.8 Å². The van der Waals surface area contributed by atoms with Crippen LogP contribution in [0.2, 0.25) is 0 Å². The Morgan fingerprint density at radius 2 is 2.17 bits per heavy atom. The first-order valence-electron chi connectivity index (χ1n) is 5.28. The SMILES string of the molecule is O=C(NOCC(F)(F)F)[C@@H]1Cc2ccccc2N1.